The van der Waals surface area contributed by atoms with E-state index in [1.54, 1.807) is 24.3 Å². The summed E-state index contributed by atoms with van der Waals surface area (Å²) in [7, 11) is -13.5. The number of sulfonamides is 1. The fourth-order valence-corrected chi connectivity index (χ4v) is 6.33. The zero-order valence-electron chi connectivity index (χ0n) is 19.9. The topological polar surface area (TPSA) is 92.5 Å². The normalized spacial score (nSPS) is 17.7. The van der Waals surface area contributed by atoms with Crippen LogP contribution in [0.25, 0.3) is 16.8 Å². The van der Waals surface area contributed by atoms with Crippen LogP contribution in [-0.2, 0) is 10.0 Å². The van der Waals surface area contributed by atoms with Gasteiger partial charge in [-0.2, -0.15) is 4.31 Å². The molecule has 0 unspecified atom stereocenters. The molecular weight excluding hydrogens is 551 g/mol. The van der Waals surface area contributed by atoms with E-state index < -0.39 is 25.1 Å². The maximum Gasteiger partial charge on any atom is 0.311 e. The van der Waals surface area contributed by atoms with Crippen molar-refractivity contribution in [3.63, 3.8) is 0 Å². The molecule has 1 saturated heterocycles. The highest BCUT2D eigenvalue weighted by atomic mass is 32.5. The fourth-order valence-electron chi connectivity index (χ4n) is 4.29. The smallest absolute Gasteiger partial charge is 0.311 e. The Labute approximate surface area is 215 Å². The van der Waals surface area contributed by atoms with Crippen molar-refractivity contribution in [2.24, 2.45) is 0 Å². The van der Waals surface area contributed by atoms with Gasteiger partial charge in [-0.05, 0) is 67.3 Å². The van der Waals surface area contributed by atoms with Crippen LogP contribution in [0.4, 0.5) is 25.2 Å². The quantitative estimate of drug-likeness (QED) is 0.283. The number of pyridine rings is 2. The minimum Gasteiger partial charge on any atom is -0.367 e. The van der Waals surface area contributed by atoms with Crippen molar-refractivity contribution in [3.05, 3.63) is 66.7 Å². The van der Waals surface area contributed by atoms with Crippen LogP contribution < -0.4 is 5.32 Å². The molecule has 0 aliphatic carbocycles. The van der Waals surface area contributed by atoms with Gasteiger partial charge in [0.2, 0.25) is 10.0 Å². The third-order valence-corrected chi connectivity index (χ3v) is 9.43. The molecule has 38 heavy (non-hydrogen) atoms. The van der Waals surface area contributed by atoms with Crippen molar-refractivity contribution in [1.29, 1.82) is 0 Å². The number of hydrogen-bond acceptors (Lipinski definition) is 6. The number of aromatic nitrogens is 4. The maximum atomic E-state index is 13.2. The molecule has 4 aromatic rings. The van der Waals surface area contributed by atoms with Gasteiger partial charge in [-0.25, -0.2) is 13.4 Å². The van der Waals surface area contributed by atoms with Crippen molar-refractivity contribution in [3.8, 4) is 11.1 Å². The monoisotopic (exact) mass is 574 g/mol. The standard InChI is InChI=1S/C23H23F5N6O2S2/c1-16-31-32-23-9-4-18(15-34(16)23)17-2-5-20(6-3-17)37(35,36)33-12-10-19(11-13-33)30-22-8-7-21(14-29-22)38(24,25,26,27)28/h2-9,14-15,19H,10-13H2,1H3,(H,29,30). The van der Waals surface area contributed by atoms with Crippen LogP contribution >= 0.6 is 10.2 Å². The number of piperidine rings is 1. The Balaban J connectivity index is 1.23. The highest BCUT2D eigenvalue weighted by Crippen LogP contribution is 3.02. The Kier molecular flexibility index (Phi) is 5.78. The molecule has 0 radical (unpaired) electrons. The maximum absolute atomic E-state index is 13.2. The Morgan fingerprint density at radius 1 is 0.895 bits per heavy atom. The largest absolute Gasteiger partial charge is 0.367 e. The number of halogens is 5. The number of rotatable bonds is 6. The van der Waals surface area contributed by atoms with E-state index in [-0.39, 0.29) is 36.0 Å². The molecule has 15 heteroatoms. The summed E-state index contributed by atoms with van der Waals surface area (Å²) in [5, 5.41) is 11.0. The lowest BCUT2D eigenvalue weighted by Gasteiger charge is -2.40. The molecule has 5 rings (SSSR count). The van der Waals surface area contributed by atoms with Crippen LogP contribution in [0, 0.1) is 6.92 Å². The first kappa shape index (κ1) is 26.3. The third kappa shape index (κ3) is 5.31. The summed E-state index contributed by atoms with van der Waals surface area (Å²) < 4.78 is 93.9. The molecule has 1 fully saturated rings. The van der Waals surface area contributed by atoms with Crippen molar-refractivity contribution in [2.45, 2.75) is 35.6 Å². The van der Waals surface area contributed by atoms with Gasteiger partial charge in [0.05, 0.1) is 11.1 Å². The van der Waals surface area contributed by atoms with Gasteiger partial charge in [0, 0.05) is 25.3 Å². The summed E-state index contributed by atoms with van der Waals surface area (Å²) in [6.07, 6.45) is 2.71. The van der Waals surface area contributed by atoms with Crippen LogP contribution in [-0.4, -0.2) is 51.4 Å². The first-order valence-corrected chi connectivity index (χ1v) is 14.9. The van der Waals surface area contributed by atoms with Gasteiger partial charge in [0.1, 0.15) is 16.5 Å². The summed E-state index contributed by atoms with van der Waals surface area (Å²) in [4.78, 5) is 1.56. The summed E-state index contributed by atoms with van der Waals surface area (Å²) in [6.45, 7) is 2.18. The lowest BCUT2D eigenvalue weighted by atomic mass is 10.1. The molecule has 1 aliphatic heterocycles. The van der Waals surface area contributed by atoms with E-state index in [2.05, 4.69) is 20.5 Å². The number of anilines is 1. The average Bonchev–Trinajstić information content (AvgIpc) is 3.23. The van der Waals surface area contributed by atoms with Crippen LogP contribution in [0.5, 0.6) is 0 Å². The first-order chi connectivity index (χ1) is 17.6. The summed E-state index contributed by atoms with van der Waals surface area (Å²) >= 11 is 0. The van der Waals surface area contributed by atoms with Crippen LogP contribution in [0.3, 0.4) is 0 Å². The SMILES string of the molecule is Cc1nnc2ccc(-c3ccc(S(=O)(=O)N4CCC(Nc5ccc(S(F)(F)(F)(F)F)cn5)CC4)cc3)cn12. The van der Waals surface area contributed by atoms with E-state index >= 15 is 0 Å². The number of nitrogens with one attached hydrogen (secondary N) is 1. The molecule has 1 aliphatic rings. The molecule has 0 amide bonds. The van der Waals surface area contributed by atoms with E-state index in [0.29, 0.717) is 24.6 Å². The van der Waals surface area contributed by atoms with E-state index in [4.69, 9.17) is 0 Å². The summed E-state index contributed by atoms with van der Waals surface area (Å²) in [5.74, 6) is 0.739. The van der Waals surface area contributed by atoms with Gasteiger partial charge in [-0.1, -0.05) is 31.6 Å². The molecule has 0 spiro atoms. The van der Waals surface area contributed by atoms with E-state index in [9.17, 15) is 27.8 Å². The molecule has 0 bridgehead atoms. The number of nitrogens with zero attached hydrogens (tertiary/aromatic N) is 5. The van der Waals surface area contributed by atoms with Gasteiger partial charge in [-0.15, -0.1) is 10.2 Å². The van der Waals surface area contributed by atoms with Gasteiger partial charge >= 0.3 is 10.2 Å². The molecular formula is C23H23F5N6O2S2. The minimum atomic E-state index is -9.78. The van der Waals surface area contributed by atoms with E-state index in [1.807, 2.05) is 29.7 Å². The van der Waals surface area contributed by atoms with Crippen molar-refractivity contribution < 1.29 is 27.8 Å². The van der Waals surface area contributed by atoms with Gasteiger partial charge in [0.15, 0.2) is 5.65 Å². The first-order valence-electron chi connectivity index (χ1n) is 11.5. The van der Waals surface area contributed by atoms with Crippen LogP contribution in [0.2, 0.25) is 0 Å². The Morgan fingerprint density at radius 2 is 1.55 bits per heavy atom. The van der Waals surface area contributed by atoms with Gasteiger partial charge in [-0.3, -0.25) is 4.40 Å². The predicted molar refractivity (Wildman–Crippen MR) is 134 cm³/mol. The van der Waals surface area contributed by atoms with Gasteiger partial charge in [0.25, 0.3) is 0 Å². The number of aryl methyl sites for hydroxylation is 1. The molecule has 1 N–H and O–H groups in total. The average molecular weight is 575 g/mol. The van der Waals surface area contributed by atoms with Crippen LogP contribution in [0.1, 0.15) is 18.7 Å². The van der Waals surface area contributed by atoms with E-state index in [1.165, 1.54) is 4.31 Å². The fraction of sp³-hybridized carbons (Fsp3) is 0.261. The zero-order chi connectivity index (χ0) is 27.4. The Morgan fingerprint density at radius 3 is 2.16 bits per heavy atom. The zero-order valence-corrected chi connectivity index (χ0v) is 21.6. The lowest BCUT2D eigenvalue weighted by molar-refractivity contribution is 0.329. The van der Waals surface area contributed by atoms with Crippen molar-refractivity contribution in [2.75, 3.05) is 18.4 Å². The Bertz CT molecular complexity index is 1600. The molecule has 3 aromatic heterocycles. The molecule has 0 saturated carbocycles. The highest BCUT2D eigenvalue weighted by molar-refractivity contribution is 8.45. The molecule has 8 nitrogen and oxygen atoms in total. The summed E-state index contributed by atoms with van der Waals surface area (Å²) in [5.41, 5.74) is 2.41. The number of benzene rings is 1. The third-order valence-electron chi connectivity index (χ3n) is 6.39. The number of fused-ring (bicyclic) bond motifs is 1. The second-order valence-electron chi connectivity index (χ2n) is 9.09. The van der Waals surface area contributed by atoms with Gasteiger partial charge < -0.3 is 5.32 Å². The molecule has 4 heterocycles. The van der Waals surface area contributed by atoms with Crippen molar-refractivity contribution >= 4 is 31.7 Å². The minimum absolute atomic E-state index is 0.00681. The molecule has 1 aromatic carbocycles. The van der Waals surface area contributed by atoms with Crippen molar-refractivity contribution in [1.82, 2.24) is 23.9 Å². The second kappa shape index (κ2) is 8.35. The Hall–Kier alpha value is -3.30. The van der Waals surface area contributed by atoms with Crippen LogP contribution in [0.15, 0.2) is 70.7 Å². The second-order valence-corrected chi connectivity index (χ2v) is 13.4. The molecule has 0 atom stereocenters. The lowest BCUT2D eigenvalue weighted by Crippen LogP contribution is -2.42. The number of hydrogen-bond donors (Lipinski definition) is 1. The molecule has 204 valence electrons. The highest BCUT2D eigenvalue weighted by Gasteiger charge is 2.65. The predicted octanol–water partition coefficient (Wildman–Crippen LogP) is 6.02. The van der Waals surface area contributed by atoms with E-state index in [0.717, 1.165) is 23.0 Å². The summed E-state index contributed by atoms with van der Waals surface area (Å²) in [6, 6.07) is 11.1.